The van der Waals surface area contributed by atoms with Gasteiger partial charge in [-0.05, 0) is 0 Å². The molecule has 2 nitrogen and oxygen atoms in total. The second kappa shape index (κ2) is 3.85. The van der Waals surface area contributed by atoms with Gasteiger partial charge in [-0.2, -0.15) is 0 Å². The smallest absolute Gasteiger partial charge is 0.217 e. The summed E-state index contributed by atoms with van der Waals surface area (Å²) < 4.78 is 0. The number of benzene rings is 2. The molecule has 0 unspecified atom stereocenters. The molecule has 2 aromatic rings. The zero-order valence-corrected chi connectivity index (χ0v) is 8.17. The Labute approximate surface area is 88.4 Å². The minimum absolute atomic E-state index is 0.469. The molecule has 0 aliphatic rings. The number of rotatable bonds is 2. The van der Waals surface area contributed by atoms with Crippen LogP contribution in [0.5, 0.6) is 0 Å². The first-order valence-electron chi connectivity index (χ1n) is 4.77. The lowest BCUT2D eigenvalue weighted by molar-refractivity contribution is -0.132. The maximum atomic E-state index is 10.0. The van der Waals surface area contributed by atoms with Crippen LogP contribution in [0.3, 0.4) is 0 Å². The predicted octanol–water partition coefficient (Wildman–Crippen LogP) is 1.87. The fourth-order valence-electron chi connectivity index (χ4n) is 1.51. The first kappa shape index (κ1) is 9.90. The number of hydrogen-bond donors (Lipinski definition) is 2. The predicted molar refractivity (Wildman–Crippen MR) is 58.1 cm³/mol. The summed E-state index contributed by atoms with van der Waals surface area (Å²) in [6.45, 7) is 0. The van der Waals surface area contributed by atoms with Crippen molar-refractivity contribution in [2.45, 2.75) is 5.79 Å². The summed E-state index contributed by atoms with van der Waals surface area (Å²) in [5, 5.41) is 20.0. The van der Waals surface area contributed by atoms with Crippen molar-refractivity contribution < 1.29 is 10.2 Å². The molecule has 0 saturated carbocycles. The molecule has 0 spiro atoms. The molecule has 0 saturated heterocycles. The molecule has 76 valence electrons. The van der Waals surface area contributed by atoms with Crippen molar-refractivity contribution in [1.82, 2.24) is 0 Å². The standard InChI is InChI=1S/C13H12O2/c14-13(15,11-7-3-1-4-8-11)12-9-5-2-6-10-12/h1-10,14-15H. The van der Waals surface area contributed by atoms with Gasteiger partial charge >= 0.3 is 0 Å². The highest BCUT2D eigenvalue weighted by Gasteiger charge is 2.27. The largest absolute Gasteiger partial charge is 0.358 e. The first-order chi connectivity index (χ1) is 7.21. The van der Waals surface area contributed by atoms with Crippen molar-refractivity contribution in [3.05, 3.63) is 71.8 Å². The van der Waals surface area contributed by atoms with Gasteiger partial charge < -0.3 is 10.2 Å². The van der Waals surface area contributed by atoms with E-state index in [0.717, 1.165) is 0 Å². The van der Waals surface area contributed by atoms with Crippen LogP contribution in [-0.4, -0.2) is 10.2 Å². The van der Waals surface area contributed by atoms with Crippen LogP contribution in [0.4, 0.5) is 0 Å². The van der Waals surface area contributed by atoms with Crippen LogP contribution < -0.4 is 0 Å². The maximum absolute atomic E-state index is 10.0. The summed E-state index contributed by atoms with van der Waals surface area (Å²) >= 11 is 0. The molecule has 15 heavy (non-hydrogen) atoms. The lowest BCUT2D eigenvalue weighted by atomic mass is 9.98. The quantitative estimate of drug-likeness (QED) is 0.726. The highest BCUT2D eigenvalue weighted by Crippen LogP contribution is 2.25. The molecule has 2 aromatic carbocycles. The van der Waals surface area contributed by atoms with Gasteiger partial charge in [0.2, 0.25) is 5.79 Å². The minimum atomic E-state index is -1.91. The van der Waals surface area contributed by atoms with Crippen LogP contribution in [0.2, 0.25) is 0 Å². The molecule has 0 atom stereocenters. The van der Waals surface area contributed by atoms with E-state index < -0.39 is 5.79 Å². The maximum Gasteiger partial charge on any atom is 0.217 e. The van der Waals surface area contributed by atoms with E-state index in [1.54, 1.807) is 48.5 Å². The van der Waals surface area contributed by atoms with E-state index in [1.807, 2.05) is 12.1 Å². The summed E-state index contributed by atoms with van der Waals surface area (Å²) in [6.07, 6.45) is 0. The van der Waals surface area contributed by atoms with Crippen molar-refractivity contribution in [3.8, 4) is 0 Å². The fraction of sp³-hybridized carbons (Fsp3) is 0.0769. The van der Waals surface area contributed by atoms with Crippen molar-refractivity contribution in [2.75, 3.05) is 0 Å². The van der Waals surface area contributed by atoms with Crippen LogP contribution >= 0.6 is 0 Å². The SMILES string of the molecule is OC(O)(c1ccccc1)c1ccccc1. The highest BCUT2D eigenvalue weighted by atomic mass is 16.5. The van der Waals surface area contributed by atoms with Gasteiger partial charge in [0.05, 0.1) is 0 Å². The Morgan fingerprint density at radius 1 is 0.600 bits per heavy atom. The Balaban J connectivity index is 2.44. The van der Waals surface area contributed by atoms with Gasteiger partial charge in [-0.3, -0.25) is 0 Å². The summed E-state index contributed by atoms with van der Waals surface area (Å²) in [6, 6.07) is 17.5. The van der Waals surface area contributed by atoms with E-state index in [-0.39, 0.29) is 0 Å². The van der Waals surface area contributed by atoms with Crippen LogP contribution in [0, 0.1) is 0 Å². The van der Waals surface area contributed by atoms with Crippen LogP contribution in [0.1, 0.15) is 11.1 Å². The second-order valence-electron chi connectivity index (χ2n) is 3.40. The molecule has 2 rings (SSSR count). The van der Waals surface area contributed by atoms with Gasteiger partial charge in [-0.25, -0.2) is 0 Å². The molecule has 0 aliphatic heterocycles. The van der Waals surface area contributed by atoms with Crippen molar-refractivity contribution in [1.29, 1.82) is 0 Å². The van der Waals surface area contributed by atoms with E-state index in [1.165, 1.54) is 0 Å². The molecule has 0 aromatic heterocycles. The van der Waals surface area contributed by atoms with Gasteiger partial charge in [-0.1, -0.05) is 60.7 Å². The first-order valence-corrected chi connectivity index (χ1v) is 4.77. The van der Waals surface area contributed by atoms with Crippen molar-refractivity contribution >= 4 is 0 Å². The summed E-state index contributed by atoms with van der Waals surface area (Å²) in [4.78, 5) is 0. The molecule has 0 fully saturated rings. The molecule has 0 heterocycles. The normalized spacial score (nSPS) is 11.3. The molecule has 0 aliphatic carbocycles. The monoisotopic (exact) mass is 200 g/mol. The van der Waals surface area contributed by atoms with Gasteiger partial charge in [0.25, 0.3) is 0 Å². The van der Waals surface area contributed by atoms with E-state index >= 15 is 0 Å². The van der Waals surface area contributed by atoms with E-state index in [0.29, 0.717) is 11.1 Å². The summed E-state index contributed by atoms with van der Waals surface area (Å²) in [7, 11) is 0. The summed E-state index contributed by atoms with van der Waals surface area (Å²) in [5.74, 6) is -1.91. The third-order valence-corrected chi connectivity index (χ3v) is 2.35. The zero-order valence-electron chi connectivity index (χ0n) is 8.17. The van der Waals surface area contributed by atoms with Crippen LogP contribution in [0.25, 0.3) is 0 Å². The van der Waals surface area contributed by atoms with Crippen LogP contribution in [0.15, 0.2) is 60.7 Å². The Bertz CT molecular complexity index is 379. The molecular formula is C13H12O2. The average molecular weight is 200 g/mol. The number of hydrogen-bond acceptors (Lipinski definition) is 2. The molecule has 2 N–H and O–H groups in total. The average Bonchev–Trinajstić information content (AvgIpc) is 2.31. The van der Waals surface area contributed by atoms with Gasteiger partial charge in [0.15, 0.2) is 0 Å². The minimum Gasteiger partial charge on any atom is -0.358 e. The molecule has 0 amide bonds. The van der Waals surface area contributed by atoms with E-state index in [9.17, 15) is 10.2 Å². The third kappa shape index (κ3) is 1.91. The number of aliphatic hydroxyl groups is 2. The Kier molecular flexibility index (Phi) is 2.54. The Morgan fingerprint density at radius 3 is 1.27 bits per heavy atom. The van der Waals surface area contributed by atoms with Crippen molar-refractivity contribution in [3.63, 3.8) is 0 Å². The molecule has 0 bridgehead atoms. The highest BCUT2D eigenvalue weighted by molar-refractivity contribution is 5.32. The molecule has 0 radical (unpaired) electrons. The van der Waals surface area contributed by atoms with Crippen molar-refractivity contribution in [2.24, 2.45) is 0 Å². The van der Waals surface area contributed by atoms with E-state index in [4.69, 9.17) is 0 Å². The lowest BCUT2D eigenvalue weighted by Gasteiger charge is -2.22. The van der Waals surface area contributed by atoms with Crippen LogP contribution in [-0.2, 0) is 5.79 Å². The zero-order chi connectivity index (χ0) is 10.7. The molecule has 2 heteroatoms. The lowest BCUT2D eigenvalue weighted by Crippen LogP contribution is -2.26. The Morgan fingerprint density at radius 2 is 0.933 bits per heavy atom. The molecular weight excluding hydrogens is 188 g/mol. The Hall–Kier alpha value is -1.64. The fourth-order valence-corrected chi connectivity index (χ4v) is 1.51. The second-order valence-corrected chi connectivity index (χ2v) is 3.40. The van der Waals surface area contributed by atoms with Gasteiger partial charge in [0.1, 0.15) is 0 Å². The van der Waals surface area contributed by atoms with Gasteiger partial charge in [0, 0.05) is 11.1 Å². The van der Waals surface area contributed by atoms with Gasteiger partial charge in [-0.15, -0.1) is 0 Å². The summed E-state index contributed by atoms with van der Waals surface area (Å²) in [5.41, 5.74) is 0.937. The third-order valence-electron chi connectivity index (χ3n) is 2.35. The topological polar surface area (TPSA) is 40.5 Å². The van der Waals surface area contributed by atoms with E-state index in [2.05, 4.69) is 0 Å².